The lowest BCUT2D eigenvalue weighted by Crippen LogP contribution is -2.10. The zero-order valence-corrected chi connectivity index (χ0v) is 8.20. The molecule has 2 heteroatoms. The van der Waals surface area contributed by atoms with Crippen LogP contribution in [0.25, 0.3) is 0 Å². The molecule has 0 saturated heterocycles. The highest BCUT2D eigenvalue weighted by Gasteiger charge is 2.15. The van der Waals surface area contributed by atoms with Crippen LogP contribution in [-0.4, -0.2) is 12.4 Å². The van der Waals surface area contributed by atoms with E-state index in [9.17, 15) is 0 Å². The second kappa shape index (κ2) is 3.21. The number of nitrogens with zero attached hydrogens (tertiary/aromatic N) is 2. The highest BCUT2D eigenvalue weighted by atomic mass is 15.2. The van der Waals surface area contributed by atoms with Gasteiger partial charge in [-0.15, -0.1) is 0 Å². The first kappa shape index (κ1) is 9.17. The zero-order valence-electron chi connectivity index (χ0n) is 8.20. The van der Waals surface area contributed by atoms with Crippen LogP contribution in [0.3, 0.4) is 0 Å². The Kier molecular flexibility index (Phi) is 2.46. The Morgan fingerprint density at radius 1 is 1.25 bits per heavy atom. The van der Waals surface area contributed by atoms with Crippen molar-refractivity contribution in [1.29, 1.82) is 0 Å². The molecule has 0 amide bonds. The lowest BCUT2D eigenvalue weighted by Gasteiger charge is -2.14. The molecule has 1 rings (SSSR count). The van der Waals surface area contributed by atoms with E-state index in [0.29, 0.717) is 5.92 Å². The van der Waals surface area contributed by atoms with Crippen molar-refractivity contribution in [3.8, 4) is 0 Å². The van der Waals surface area contributed by atoms with Crippen LogP contribution in [0.2, 0.25) is 0 Å². The van der Waals surface area contributed by atoms with Gasteiger partial charge in [-0.3, -0.25) is 0 Å². The van der Waals surface area contributed by atoms with Crippen LogP contribution in [0.15, 0.2) is 21.9 Å². The van der Waals surface area contributed by atoms with Gasteiger partial charge in [0, 0.05) is 11.6 Å². The molecule has 0 unspecified atom stereocenters. The third kappa shape index (κ3) is 2.29. The summed E-state index contributed by atoms with van der Waals surface area (Å²) >= 11 is 0. The molecule has 0 spiro atoms. The molecule has 0 aromatic rings. The molecule has 2 nitrogen and oxygen atoms in total. The summed E-state index contributed by atoms with van der Waals surface area (Å²) in [4.78, 5) is 0. The predicted molar refractivity (Wildman–Crippen MR) is 53.7 cm³/mol. The summed E-state index contributed by atoms with van der Waals surface area (Å²) in [6.07, 6.45) is 5.94. The van der Waals surface area contributed by atoms with E-state index in [2.05, 4.69) is 44.0 Å². The summed E-state index contributed by atoms with van der Waals surface area (Å²) < 4.78 is 0. The highest BCUT2D eigenvalue weighted by molar-refractivity contribution is 5.83. The van der Waals surface area contributed by atoms with Crippen LogP contribution in [0, 0.1) is 11.3 Å². The van der Waals surface area contributed by atoms with Crippen molar-refractivity contribution < 1.29 is 0 Å². The molecule has 0 saturated carbocycles. The number of rotatable bonds is 1. The van der Waals surface area contributed by atoms with Crippen molar-refractivity contribution >= 4 is 12.4 Å². The third-order valence-electron chi connectivity index (χ3n) is 1.87. The van der Waals surface area contributed by atoms with Gasteiger partial charge in [-0.1, -0.05) is 33.8 Å². The normalized spacial score (nSPS) is 20.9. The van der Waals surface area contributed by atoms with Gasteiger partial charge < -0.3 is 0 Å². The molecule has 0 N–H and O–H groups in total. The Hall–Kier alpha value is -0.920. The van der Waals surface area contributed by atoms with Crippen LogP contribution < -0.4 is 0 Å². The number of hydrogen-bond acceptors (Lipinski definition) is 2. The Labute approximate surface area is 74.1 Å². The molecule has 1 aliphatic rings. The zero-order chi connectivity index (χ0) is 9.19. The van der Waals surface area contributed by atoms with Crippen molar-refractivity contribution in [3.63, 3.8) is 0 Å². The summed E-state index contributed by atoms with van der Waals surface area (Å²) in [7, 11) is 0. The molecule has 12 heavy (non-hydrogen) atoms. The molecule has 0 radical (unpaired) electrons. The molecule has 0 bridgehead atoms. The standard InChI is InChI=1S/C10H16N2/c1-8(2)9-5-10(3,4)7-12-11-6-9/h5-8H,1-4H3. The van der Waals surface area contributed by atoms with Gasteiger partial charge in [0.1, 0.15) is 0 Å². The van der Waals surface area contributed by atoms with Crippen LogP contribution >= 0.6 is 0 Å². The number of allylic oxidation sites excluding steroid dienone is 2. The highest BCUT2D eigenvalue weighted by Crippen LogP contribution is 2.21. The molecule has 1 aliphatic heterocycles. The van der Waals surface area contributed by atoms with Gasteiger partial charge >= 0.3 is 0 Å². The van der Waals surface area contributed by atoms with Crippen molar-refractivity contribution in [2.75, 3.05) is 0 Å². The molecular formula is C10H16N2. The Balaban J connectivity index is 2.95. The van der Waals surface area contributed by atoms with E-state index in [0.717, 1.165) is 0 Å². The minimum atomic E-state index is 0.0378. The predicted octanol–water partition coefficient (Wildman–Crippen LogP) is 2.67. The molecule has 1 heterocycles. The number of hydrogen-bond donors (Lipinski definition) is 0. The van der Waals surface area contributed by atoms with Gasteiger partial charge in [0.05, 0.1) is 6.21 Å². The van der Waals surface area contributed by atoms with Gasteiger partial charge in [0.25, 0.3) is 0 Å². The summed E-state index contributed by atoms with van der Waals surface area (Å²) in [5.74, 6) is 0.523. The maximum atomic E-state index is 3.95. The fourth-order valence-electron chi connectivity index (χ4n) is 1.10. The van der Waals surface area contributed by atoms with Crippen LogP contribution in [0.1, 0.15) is 27.7 Å². The van der Waals surface area contributed by atoms with Gasteiger partial charge in [0.2, 0.25) is 0 Å². The van der Waals surface area contributed by atoms with E-state index in [1.807, 2.05) is 12.4 Å². The monoisotopic (exact) mass is 164 g/mol. The second-order valence-corrected chi connectivity index (χ2v) is 4.11. The lowest BCUT2D eigenvalue weighted by atomic mass is 9.89. The molecule has 0 fully saturated rings. The van der Waals surface area contributed by atoms with E-state index in [4.69, 9.17) is 0 Å². The van der Waals surface area contributed by atoms with Gasteiger partial charge in [0.15, 0.2) is 0 Å². The van der Waals surface area contributed by atoms with E-state index >= 15 is 0 Å². The molecule has 66 valence electrons. The summed E-state index contributed by atoms with van der Waals surface area (Å²) in [6, 6.07) is 0. The molecule has 0 aromatic heterocycles. The largest absolute Gasteiger partial charge is 0.163 e. The molecule has 0 aliphatic carbocycles. The second-order valence-electron chi connectivity index (χ2n) is 4.11. The first-order valence-corrected chi connectivity index (χ1v) is 4.31. The Bertz CT molecular complexity index is 245. The van der Waals surface area contributed by atoms with E-state index in [-0.39, 0.29) is 5.41 Å². The minimum Gasteiger partial charge on any atom is -0.163 e. The van der Waals surface area contributed by atoms with Crippen LogP contribution in [-0.2, 0) is 0 Å². The van der Waals surface area contributed by atoms with Gasteiger partial charge in [-0.05, 0) is 11.5 Å². The molecule has 0 aromatic carbocycles. The fraction of sp³-hybridized carbons (Fsp3) is 0.600. The minimum absolute atomic E-state index is 0.0378. The van der Waals surface area contributed by atoms with Crippen LogP contribution in [0.4, 0.5) is 0 Å². The molecular weight excluding hydrogens is 148 g/mol. The van der Waals surface area contributed by atoms with Crippen LogP contribution in [0.5, 0.6) is 0 Å². The van der Waals surface area contributed by atoms with Crippen molar-refractivity contribution in [2.24, 2.45) is 21.5 Å². The SMILES string of the molecule is CC(C)C1=CC(C)(C)C=NN=C1. The average Bonchev–Trinajstić information content (AvgIpc) is 2.10. The lowest BCUT2D eigenvalue weighted by molar-refractivity contribution is 0.673. The Morgan fingerprint density at radius 3 is 2.50 bits per heavy atom. The average molecular weight is 164 g/mol. The summed E-state index contributed by atoms with van der Waals surface area (Å²) in [5, 5.41) is 7.89. The maximum Gasteiger partial charge on any atom is 0.0527 e. The van der Waals surface area contributed by atoms with Crippen molar-refractivity contribution in [3.05, 3.63) is 11.6 Å². The first-order chi connectivity index (χ1) is 5.51. The quantitative estimate of drug-likeness (QED) is 0.569. The van der Waals surface area contributed by atoms with Gasteiger partial charge in [-0.2, -0.15) is 10.2 Å². The van der Waals surface area contributed by atoms with Crippen molar-refractivity contribution in [2.45, 2.75) is 27.7 Å². The van der Waals surface area contributed by atoms with Crippen molar-refractivity contribution in [1.82, 2.24) is 0 Å². The topological polar surface area (TPSA) is 24.7 Å². The first-order valence-electron chi connectivity index (χ1n) is 4.31. The van der Waals surface area contributed by atoms with E-state index in [1.165, 1.54) is 5.57 Å². The Morgan fingerprint density at radius 2 is 1.92 bits per heavy atom. The summed E-state index contributed by atoms with van der Waals surface area (Å²) in [5.41, 5.74) is 1.30. The smallest absolute Gasteiger partial charge is 0.0527 e. The molecule has 0 atom stereocenters. The maximum absolute atomic E-state index is 3.95. The van der Waals surface area contributed by atoms with E-state index < -0.39 is 0 Å². The fourth-order valence-corrected chi connectivity index (χ4v) is 1.10. The van der Waals surface area contributed by atoms with Gasteiger partial charge in [-0.25, -0.2) is 0 Å². The summed E-state index contributed by atoms with van der Waals surface area (Å²) in [6.45, 7) is 8.60. The third-order valence-corrected chi connectivity index (χ3v) is 1.87. The van der Waals surface area contributed by atoms with E-state index in [1.54, 1.807) is 0 Å².